The summed E-state index contributed by atoms with van der Waals surface area (Å²) in [4.78, 5) is 12.8. The molecule has 0 saturated carbocycles. The summed E-state index contributed by atoms with van der Waals surface area (Å²) in [6, 6.07) is 11.0. The third-order valence-corrected chi connectivity index (χ3v) is 3.83. The van der Waals surface area contributed by atoms with Crippen LogP contribution in [0.1, 0.15) is 16.2 Å². The van der Waals surface area contributed by atoms with Crippen molar-refractivity contribution < 1.29 is 9.21 Å². The minimum absolute atomic E-state index is 0.0487. The second-order valence-electron chi connectivity index (χ2n) is 4.20. The maximum Gasteiger partial charge on any atom is 0.309 e. The van der Waals surface area contributed by atoms with E-state index in [9.17, 15) is 4.79 Å². The molecule has 3 rings (SSSR count). The number of rotatable bonds is 4. The van der Waals surface area contributed by atoms with Crippen molar-refractivity contribution >= 4 is 28.8 Å². The SMILES string of the molecule is O=C(NCc1ccc(Cl)cc1)c1nnc(-c2cccs2)o1. The van der Waals surface area contributed by atoms with E-state index in [1.54, 1.807) is 12.1 Å². The normalized spacial score (nSPS) is 10.5. The van der Waals surface area contributed by atoms with Crippen molar-refractivity contribution in [1.82, 2.24) is 15.5 Å². The van der Waals surface area contributed by atoms with Crippen molar-refractivity contribution in [3.63, 3.8) is 0 Å². The molecule has 1 amide bonds. The van der Waals surface area contributed by atoms with E-state index in [0.717, 1.165) is 10.4 Å². The molecule has 1 N–H and O–H groups in total. The second kappa shape index (κ2) is 6.07. The summed E-state index contributed by atoms with van der Waals surface area (Å²) < 4.78 is 5.35. The standard InChI is InChI=1S/C14H10ClN3O2S/c15-10-5-3-9(4-6-10)8-16-12(19)14-18-17-13(20-14)11-2-1-7-21-11/h1-7H,8H2,(H,16,19). The van der Waals surface area contributed by atoms with Crippen molar-refractivity contribution in [2.24, 2.45) is 0 Å². The van der Waals surface area contributed by atoms with Gasteiger partial charge in [0.25, 0.3) is 5.89 Å². The highest BCUT2D eigenvalue weighted by Gasteiger charge is 2.15. The first-order valence-electron chi connectivity index (χ1n) is 6.12. The van der Waals surface area contributed by atoms with Crippen LogP contribution in [0, 0.1) is 0 Å². The third-order valence-electron chi connectivity index (χ3n) is 2.72. The zero-order valence-electron chi connectivity index (χ0n) is 10.7. The molecular formula is C14H10ClN3O2S. The molecular weight excluding hydrogens is 310 g/mol. The molecule has 0 aliphatic heterocycles. The molecule has 0 radical (unpaired) electrons. The van der Waals surface area contributed by atoms with E-state index in [1.807, 2.05) is 29.6 Å². The van der Waals surface area contributed by atoms with Crippen molar-refractivity contribution in [3.8, 4) is 10.8 Å². The van der Waals surface area contributed by atoms with Gasteiger partial charge in [0.1, 0.15) is 0 Å². The molecule has 5 nitrogen and oxygen atoms in total. The molecule has 7 heteroatoms. The maximum atomic E-state index is 11.9. The monoisotopic (exact) mass is 319 g/mol. The van der Waals surface area contributed by atoms with Gasteiger partial charge in [-0.25, -0.2) is 0 Å². The number of amides is 1. The topological polar surface area (TPSA) is 68.0 Å². The first kappa shape index (κ1) is 13.8. The van der Waals surface area contributed by atoms with Crippen LogP contribution in [0.5, 0.6) is 0 Å². The van der Waals surface area contributed by atoms with E-state index in [-0.39, 0.29) is 5.89 Å². The van der Waals surface area contributed by atoms with Crippen molar-refractivity contribution in [2.75, 3.05) is 0 Å². The minimum Gasteiger partial charge on any atom is -0.411 e. The molecule has 21 heavy (non-hydrogen) atoms. The third kappa shape index (κ3) is 3.29. The average Bonchev–Trinajstić information content (AvgIpc) is 3.17. The smallest absolute Gasteiger partial charge is 0.309 e. The van der Waals surface area contributed by atoms with Gasteiger partial charge in [-0.15, -0.1) is 21.5 Å². The summed E-state index contributed by atoms with van der Waals surface area (Å²) in [5.41, 5.74) is 0.936. The number of carbonyl (C=O) groups excluding carboxylic acids is 1. The molecule has 1 aromatic carbocycles. The highest BCUT2D eigenvalue weighted by Crippen LogP contribution is 2.22. The van der Waals surface area contributed by atoms with Crippen molar-refractivity contribution in [3.05, 3.63) is 58.3 Å². The van der Waals surface area contributed by atoms with E-state index in [4.69, 9.17) is 16.0 Å². The number of thiophene rings is 1. The molecule has 0 bridgehead atoms. The summed E-state index contributed by atoms with van der Waals surface area (Å²) in [6.07, 6.45) is 0. The fourth-order valence-electron chi connectivity index (χ4n) is 1.68. The fraction of sp³-hybridized carbons (Fsp3) is 0.0714. The minimum atomic E-state index is -0.403. The zero-order valence-corrected chi connectivity index (χ0v) is 12.3. The van der Waals surface area contributed by atoms with Crippen LogP contribution >= 0.6 is 22.9 Å². The largest absolute Gasteiger partial charge is 0.411 e. The molecule has 0 atom stereocenters. The van der Waals surface area contributed by atoms with E-state index >= 15 is 0 Å². The van der Waals surface area contributed by atoms with Crippen molar-refractivity contribution in [1.29, 1.82) is 0 Å². The van der Waals surface area contributed by atoms with Gasteiger partial charge in [-0.05, 0) is 29.1 Å². The number of carbonyl (C=O) groups is 1. The first-order valence-corrected chi connectivity index (χ1v) is 7.38. The van der Waals surface area contributed by atoms with Gasteiger partial charge in [0.2, 0.25) is 0 Å². The highest BCUT2D eigenvalue weighted by atomic mass is 35.5. The van der Waals surface area contributed by atoms with Gasteiger partial charge in [-0.2, -0.15) is 0 Å². The van der Waals surface area contributed by atoms with Gasteiger partial charge in [0, 0.05) is 11.6 Å². The average molecular weight is 320 g/mol. The number of hydrogen-bond donors (Lipinski definition) is 1. The van der Waals surface area contributed by atoms with Crippen LogP contribution in [0.4, 0.5) is 0 Å². The Morgan fingerprint density at radius 1 is 1.24 bits per heavy atom. The van der Waals surface area contributed by atoms with Gasteiger partial charge in [-0.3, -0.25) is 4.79 Å². The Bertz CT molecular complexity index is 738. The van der Waals surface area contributed by atoms with Crippen LogP contribution < -0.4 is 5.32 Å². The summed E-state index contributed by atoms with van der Waals surface area (Å²) >= 11 is 7.27. The fourth-order valence-corrected chi connectivity index (χ4v) is 2.45. The molecule has 0 saturated heterocycles. The summed E-state index contributed by atoms with van der Waals surface area (Å²) in [7, 11) is 0. The number of aromatic nitrogens is 2. The van der Waals surface area contributed by atoms with Gasteiger partial charge >= 0.3 is 11.8 Å². The number of nitrogens with one attached hydrogen (secondary N) is 1. The van der Waals surface area contributed by atoms with E-state index in [1.165, 1.54) is 11.3 Å². The van der Waals surface area contributed by atoms with E-state index in [2.05, 4.69) is 15.5 Å². The highest BCUT2D eigenvalue weighted by molar-refractivity contribution is 7.13. The van der Waals surface area contributed by atoms with Crippen LogP contribution in [0.25, 0.3) is 10.8 Å². The molecule has 0 fully saturated rings. The molecule has 3 aromatic rings. The summed E-state index contributed by atoms with van der Waals surface area (Å²) in [6.45, 7) is 0.368. The Labute approximate surface area is 129 Å². The number of nitrogens with zero attached hydrogens (tertiary/aromatic N) is 2. The maximum absolute atomic E-state index is 11.9. The molecule has 2 aromatic heterocycles. The predicted molar refractivity (Wildman–Crippen MR) is 80.2 cm³/mol. The second-order valence-corrected chi connectivity index (χ2v) is 5.58. The number of halogens is 1. The quantitative estimate of drug-likeness (QED) is 0.800. The van der Waals surface area contributed by atoms with E-state index in [0.29, 0.717) is 17.5 Å². The first-order chi connectivity index (χ1) is 10.2. The van der Waals surface area contributed by atoms with Crippen LogP contribution in [0.15, 0.2) is 46.2 Å². The molecule has 106 valence electrons. The molecule has 0 aliphatic carbocycles. The lowest BCUT2D eigenvalue weighted by molar-refractivity contribution is 0.0917. The van der Waals surface area contributed by atoms with Gasteiger partial charge in [-0.1, -0.05) is 29.8 Å². The zero-order chi connectivity index (χ0) is 14.7. The van der Waals surface area contributed by atoms with Crippen molar-refractivity contribution in [2.45, 2.75) is 6.54 Å². The molecule has 2 heterocycles. The molecule has 0 aliphatic rings. The lowest BCUT2D eigenvalue weighted by Gasteiger charge is -2.02. The van der Waals surface area contributed by atoms with Gasteiger partial charge < -0.3 is 9.73 Å². The summed E-state index contributed by atoms with van der Waals surface area (Å²) in [5.74, 6) is -0.103. The van der Waals surface area contributed by atoms with Crippen LogP contribution in [0.2, 0.25) is 5.02 Å². The van der Waals surface area contributed by atoms with Gasteiger partial charge in [0.05, 0.1) is 4.88 Å². The Morgan fingerprint density at radius 3 is 2.76 bits per heavy atom. The number of hydrogen-bond acceptors (Lipinski definition) is 5. The summed E-state index contributed by atoms with van der Waals surface area (Å²) in [5, 5.41) is 12.9. The van der Waals surface area contributed by atoms with Gasteiger partial charge in [0.15, 0.2) is 0 Å². The van der Waals surface area contributed by atoms with E-state index < -0.39 is 5.91 Å². The molecule has 0 spiro atoms. The predicted octanol–water partition coefficient (Wildman–Crippen LogP) is 3.38. The Morgan fingerprint density at radius 2 is 2.05 bits per heavy atom. The van der Waals surface area contributed by atoms with Crippen LogP contribution in [-0.4, -0.2) is 16.1 Å². The Hall–Kier alpha value is -2.18. The molecule has 0 unspecified atom stereocenters. The Kier molecular flexibility index (Phi) is 3.98. The lowest BCUT2D eigenvalue weighted by atomic mass is 10.2. The lowest BCUT2D eigenvalue weighted by Crippen LogP contribution is -2.23. The number of benzene rings is 1. The Balaban J connectivity index is 1.64. The van der Waals surface area contributed by atoms with Crippen LogP contribution in [0.3, 0.4) is 0 Å². The van der Waals surface area contributed by atoms with Crippen LogP contribution in [-0.2, 0) is 6.54 Å².